The van der Waals surface area contributed by atoms with Crippen molar-refractivity contribution in [3.05, 3.63) is 34.9 Å². The molecule has 1 atom stereocenters. The average Bonchev–Trinajstić information content (AvgIpc) is 2.29. The molecule has 0 heterocycles. The molecule has 0 aliphatic heterocycles. The number of rotatable bonds is 4. The van der Waals surface area contributed by atoms with Gasteiger partial charge in [-0.05, 0) is 19.1 Å². The van der Waals surface area contributed by atoms with Gasteiger partial charge in [0.2, 0.25) is 5.67 Å². The average molecular weight is 259 g/mol. The lowest BCUT2D eigenvalue weighted by Gasteiger charge is -2.27. The molecule has 0 spiro atoms. The summed E-state index contributed by atoms with van der Waals surface area (Å²) in [5.74, 6) is -1.36. The van der Waals surface area contributed by atoms with Gasteiger partial charge in [0.25, 0.3) is 0 Å². The van der Waals surface area contributed by atoms with E-state index in [1.807, 2.05) is 0 Å². The van der Waals surface area contributed by atoms with E-state index in [9.17, 15) is 9.18 Å². The van der Waals surface area contributed by atoms with Gasteiger partial charge < -0.3 is 4.74 Å². The van der Waals surface area contributed by atoms with E-state index in [1.54, 1.807) is 32.9 Å². The lowest BCUT2D eigenvalue weighted by atomic mass is 9.85. The minimum absolute atomic E-state index is 0.158. The quantitative estimate of drug-likeness (QED) is 0.770. The van der Waals surface area contributed by atoms with Crippen molar-refractivity contribution in [2.24, 2.45) is 5.92 Å². The van der Waals surface area contributed by atoms with Gasteiger partial charge in [-0.3, -0.25) is 0 Å². The molecule has 0 aliphatic carbocycles. The largest absolute Gasteiger partial charge is 0.463 e. The highest BCUT2D eigenvalue weighted by Gasteiger charge is 2.45. The van der Waals surface area contributed by atoms with Crippen LogP contribution in [0.25, 0.3) is 0 Å². The number of alkyl halides is 1. The van der Waals surface area contributed by atoms with Crippen molar-refractivity contribution in [2.45, 2.75) is 26.4 Å². The van der Waals surface area contributed by atoms with E-state index >= 15 is 0 Å². The molecule has 1 rings (SSSR count). The van der Waals surface area contributed by atoms with Gasteiger partial charge >= 0.3 is 5.97 Å². The monoisotopic (exact) mass is 258 g/mol. The van der Waals surface area contributed by atoms with Gasteiger partial charge in [0.05, 0.1) is 6.61 Å². The zero-order chi connectivity index (χ0) is 13.1. The summed E-state index contributed by atoms with van der Waals surface area (Å²) in [7, 11) is 0. The van der Waals surface area contributed by atoms with Crippen LogP contribution in [0.1, 0.15) is 26.3 Å². The Morgan fingerprint density at radius 1 is 1.41 bits per heavy atom. The number of halogens is 2. The third kappa shape index (κ3) is 2.78. The van der Waals surface area contributed by atoms with Crippen molar-refractivity contribution in [3.8, 4) is 0 Å². The van der Waals surface area contributed by atoms with Gasteiger partial charge in [-0.1, -0.05) is 37.6 Å². The van der Waals surface area contributed by atoms with E-state index in [2.05, 4.69) is 0 Å². The molecule has 1 unspecified atom stereocenters. The second kappa shape index (κ2) is 5.50. The van der Waals surface area contributed by atoms with Crippen molar-refractivity contribution in [3.63, 3.8) is 0 Å². The van der Waals surface area contributed by atoms with Crippen molar-refractivity contribution in [2.75, 3.05) is 6.61 Å². The normalized spacial score (nSPS) is 14.5. The van der Waals surface area contributed by atoms with E-state index in [1.165, 1.54) is 12.1 Å². The molecule has 0 aliphatic rings. The van der Waals surface area contributed by atoms with Gasteiger partial charge in [-0.15, -0.1) is 0 Å². The van der Waals surface area contributed by atoms with Crippen LogP contribution in [0.4, 0.5) is 4.39 Å². The number of benzene rings is 1. The highest BCUT2D eigenvalue weighted by atomic mass is 35.5. The first kappa shape index (κ1) is 14.0. The Kier molecular flexibility index (Phi) is 4.52. The first-order chi connectivity index (χ1) is 7.92. The third-order valence-corrected chi connectivity index (χ3v) is 2.88. The zero-order valence-corrected chi connectivity index (χ0v) is 10.9. The van der Waals surface area contributed by atoms with Gasteiger partial charge in [0.15, 0.2) is 0 Å². The second-order valence-corrected chi connectivity index (χ2v) is 4.53. The van der Waals surface area contributed by atoms with Crippen molar-refractivity contribution < 1.29 is 13.9 Å². The molecule has 0 saturated heterocycles. The lowest BCUT2D eigenvalue weighted by molar-refractivity contribution is -0.161. The molecule has 94 valence electrons. The number of esters is 1. The number of carbonyl (C=O) groups is 1. The van der Waals surface area contributed by atoms with E-state index < -0.39 is 17.6 Å². The van der Waals surface area contributed by atoms with Crippen LogP contribution in [0.15, 0.2) is 24.3 Å². The van der Waals surface area contributed by atoms with Crippen molar-refractivity contribution in [1.82, 2.24) is 0 Å². The van der Waals surface area contributed by atoms with E-state index in [4.69, 9.17) is 16.3 Å². The molecular weight excluding hydrogens is 243 g/mol. The van der Waals surface area contributed by atoms with E-state index in [0.29, 0.717) is 5.02 Å². The zero-order valence-electron chi connectivity index (χ0n) is 10.2. The van der Waals surface area contributed by atoms with Gasteiger partial charge in [-0.25, -0.2) is 9.18 Å². The Morgan fingerprint density at radius 3 is 2.35 bits per heavy atom. The Morgan fingerprint density at radius 2 is 1.94 bits per heavy atom. The van der Waals surface area contributed by atoms with Gasteiger partial charge in [0.1, 0.15) is 0 Å². The number of carbonyl (C=O) groups excluding carboxylic acids is 1. The molecular formula is C13H16ClFO2. The molecule has 17 heavy (non-hydrogen) atoms. The molecule has 0 N–H and O–H groups in total. The van der Waals surface area contributed by atoms with Crippen LogP contribution in [0.2, 0.25) is 5.02 Å². The summed E-state index contributed by atoms with van der Waals surface area (Å²) < 4.78 is 19.6. The smallest absolute Gasteiger partial charge is 0.348 e. The summed E-state index contributed by atoms with van der Waals surface area (Å²) in [6.07, 6.45) is 0. The minimum Gasteiger partial charge on any atom is -0.463 e. The molecule has 0 saturated carbocycles. The fourth-order valence-electron chi connectivity index (χ4n) is 1.62. The van der Waals surface area contributed by atoms with Crippen LogP contribution in [0.5, 0.6) is 0 Å². The van der Waals surface area contributed by atoms with E-state index in [0.717, 1.165) is 0 Å². The molecule has 0 aromatic heterocycles. The summed E-state index contributed by atoms with van der Waals surface area (Å²) in [4.78, 5) is 11.8. The first-order valence-corrected chi connectivity index (χ1v) is 5.92. The molecule has 1 aromatic rings. The minimum atomic E-state index is -2.12. The maximum absolute atomic E-state index is 14.8. The second-order valence-electron chi connectivity index (χ2n) is 4.09. The SMILES string of the molecule is CCOC(=O)C(F)(c1ccc(Cl)cc1)C(C)C. The molecule has 4 heteroatoms. The Balaban J connectivity index is 3.16. The maximum atomic E-state index is 14.8. The molecule has 2 nitrogen and oxygen atoms in total. The summed E-state index contributed by atoms with van der Waals surface area (Å²) in [6, 6.07) is 6.15. The van der Waals surface area contributed by atoms with Gasteiger partial charge in [0, 0.05) is 16.5 Å². The predicted octanol–water partition coefficient (Wildman–Crippen LogP) is 3.72. The summed E-state index contributed by atoms with van der Waals surface area (Å²) in [5, 5.41) is 0.503. The molecule has 0 fully saturated rings. The molecule has 1 aromatic carbocycles. The van der Waals surface area contributed by atoms with E-state index in [-0.39, 0.29) is 12.2 Å². The van der Waals surface area contributed by atoms with Crippen LogP contribution in [0.3, 0.4) is 0 Å². The summed E-state index contributed by atoms with van der Waals surface area (Å²) in [6.45, 7) is 5.10. The molecule has 0 bridgehead atoms. The Hall–Kier alpha value is -1.09. The maximum Gasteiger partial charge on any atom is 0.348 e. The molecule has 0 amide bonds. The van der Waals surface area contributed by atoms with Crippen LogP contribution in [-0.2, 0) is 15.2 Å². The van der Waals surface area contributed by atoms with Crippen molar-refractivity contribution >= 4 is 17.6 Å². The van der Waals surface area contributed by atoms with Crippen LogP contribution >= 0.6 is 11.6 Å². The summed E-state index contributed by atoms with van der Waals surface area (Å²) in [5.41, 5.74) is -1.85. The topological polar surface area (TPSA) is 26.3 Å². The number of ether oxygens (including phenoxy) is 1. The lowest BCUT2D eigenvalue weighted by Crippen LogP contribution is -2.38. The first-order valence-electron chi connectivity index (χ1n) is 5.55. The van der Waals surface area contributed by atoms with Crippen LogP contribution in [-0.4, -0.2) is 12.6 Å². The van der Waals surface area contributed by atoms with Crippen LogP contribution < -0.4 is 0 Å². The standard InChI is InChI=1S/C13H16ClFO2/c1-4-17-12(16)13(15,9(2)3)10-5-7-11(14)8-6-10/h5-9H,4H2,1-3H3. The third-order valence-electron chi connectivity index (χ3n) is 2.63. The van der Waals surface area contributed by atoms with Crippen molar-refractivity contribution in [1.29, 1.82) is 0 Å². The highest BCUT2D eigenvalue weighted by Crippen LogP contribution is 2.36. The predicted molar refractivity (Wildman–Crippen MR) is 65.7 cm³/mol. The molecule has 0 radical (unpaired) electrons. The highest BCUT2D eigenvalue weighted by molar-refractivity contribution is 6.30. The Labute approximate surface area is 106 Å². The van der Waals surface area contributed by atoms with Crippen LogP contribution in [0, 0.1) is 5.92 Å². The van der Waals surface area contributed by atoms with Gasteiger partial charge in [-0.2, -0.15) is 0 Å². The fraction of sp³-hybridized carbons (Fsp3) is 0.462. The number of hydrogen-bond acceptors (Lipinski definition) is 2. The summed E-state index contributed by atoms with van der Waals surface area (Å²) >= 11 is 5.74. The Bertz CT molecular complexity index is 389. The number of hydrogen-bond donors (Lipinski definition) is 0. The fourth-order valence-corrected chi connectivity index (χ4v) is 1.74.